The maximum Gasteiger partial charge on any atom is 0.0734 e. The van der Waals surface area contributed by atoms with E-state index in [1.54, 1.807) is 0 Å². The standard InChI is InChI=1S/C21H16N2/c1-23-19-13-7-6-12-18(19)22-20-16-10-4-2-8-14(16)15-9-3-5-11-17(15)21(20)23/h2-13,22H,1H3. The Hall–Kier alpha value is -3.00. The molecule has 0 radical (unpaired) electrons. The van der Waals surface area contributed by atoms with Gasteiger partial charge in [0, 0.05) is 17.8 Å². The molecule has 1 aliphatic heterocycles. The van der Waals surface area contributed by atoms with Crippen LogP contribution in [0.3, 0.4) is 0 Å². The minimum atomic E-state index is 1.16. The van der Waals surface area contributed by atoms with Crippen LogP contribution in [0.5, 0.6) is 0 Å². The number of rotatable bonds is 0. The molecule has 0 aliphatic carbocycles. The Morgan fingerprint density at radius 2 is 1.22 bits per heavy atom. The van der Waals surface area contributed by atoms with Gasteiger partial charge in [-0.3, -0.25) is 0 Å². The second-order valence-electron chi connectivity index (χ2n) is 6.02. The maximum atomic E-state index is 3.66. The predicted octanol–water partition coefficient (Wildman–Crippen LogP) is 5.82. The van der Waals surface area contributed by atoms with Crippen LogP contribution < -0.4 is 10.2 Å². The number of benzene rings is 4. The third kappa shape index (κ3) is 1.63. The molecule has 0 fully saturated rings. The van der Waals surface area contributed by atoms with Crippen LogP contribution in [0.4, 0.5) is 22.7 Å². The third-order valence-electron chi connectivity index (χ3n) is 4.77. The van der Waals surface area contributed by atoms with Gasteiger partial charge in [-0.2, -0.15) is 0 Å². The van der Waals surface area contributed by atoms with Gasteiger partial charge in [0.05, 0.1) is 22.7 Å². The smallest absolute Gasteiger partial charge is 0.0734 e. The molecule has 1 heterocycles. The number of hydrogen-bond acceptors (Lipinski definition) is 2. The van der Waals surface area contributed by atoms with Crippen LogP contribution in [-0.2, 0) is 0 Å². The maximum absolute atomic E-state index is 3.66. The van der Waals surface area contributed by atoms with Crippen molar-refractivity contribution in [1.82, 2.24) is 0 Å². The molecule has 2 heteroatoms. The minimum Gasteiger partial charge on any atom is -0.352 e. The average molecular weight is 296 g/mol. The van der Waals surface area contributed by atoms with E-state index in [-0.39, 0.29) is 0 Å². The number of nitrogens with zero attached hydrogens (tertiary/aromatic N) is 1. The molecule has 0 unspecified atom stereocenters. The van der Waals surface area contributed by atoms with Crippen LogP contribution in [0.2, 0.25) is 0 Å². The molecule has 0 saturated heterocycles. The zero-order valence-corrected chi connectivity index (χ0v) is 12.9. The number of para-hydroxylation sites is 2. The van der Waals surface area contributed by atoms with Crippen molar-refractivity contribution in [3.63, 3.8) is 0 Å². The number of fused-ring (bicyclic) bond motifs is 7. The van der Waals surface area contributed by atoms with E-state index in [0.29, 0.717) is 0 Å². The van der Waals surface area contributed by atoms with Crippen molar-refractivity contribution in [3.05, 3.63) is 72.8 Å². The quantitative estimate of drug-likeness (QED) is 0.411. The fourth-order valence-electron chi connectivity index (χ4n) is 3.72. The highest BCUT2D eigenvalue weighted by atomic mass is 15.2. The lowest BCUT2D eigenvalue weighted by atomic mass is 9.96. The molecule has 110 valence electrons. The van der Waals surface area contributed by atoms with Gasteiger partial charge in [-0.1, -0.05) is 60.7 Å². The second kappa shape index (κ2) is 4.50. The molecule has 23 heavy (non-hydrogen) atoms. The van der Waals surface area contributed by atoms with Crippen molar-refractivity contribution in [3.8, 4) is 0 Å². The second-order valence-corrected chi connectivity index (χ2v) is 6.02. The highest BCUT2D eigenvalue weighted by molar-refractivity contribution is 6.22. The van der Waals surface area contributed by atoms with Crippen molar-refractivity contribution < 1.29 is 0 Å². The SMILES string of the molecule is CN1c2ccccc2Nc2c1c1ccccc1c1ccccc21. The van der Waals surface area contributed by atoms with Crippen molar-refractivity contribution in [1.29, 1.82) is 0 Å². The summed E-state index contributed by atoms with van der Waals surface area (Å²) < 4.78 is 0. The normalized spacial score (nSPS) is 12.8. The zero-order valence-electron chi connectivity index (χ0n) is 12.9. The number of anilines is 4. The van der Waals surface area contributed by atoms with Crippen LogP contribution in [0, 0.1) is 0 Å². The molecular weight excluding hydrogens is 280 g/mol. The summed E-state index contributed by atoms with van der Waals surface area (Å²) in [5, 5.41) is 8.81. The molecule has 0 bridgehead atoms. The Kier molecular flexibility index (Phi) is 2.45. The lowest BCUT2D eigenvalue weighted by Crippen LogP contribution is -2.18. The van der Waals surface area contributed by atoms with Crippen LogP contribution in [0.1, 0.15) is 0 Å². The van der Waals surface area contributed by atoms with Gasteiger partial charge in [0.2, 0.25) is 0 Å². The first-order valence-electron chi connectivity index (χ1n) is 7.88. The molecular formula is C21H16N2. The Labute approximate surface area is 135 Å². The van der Waals surface area contributed by atoms with E-state index in [1.165, 1.54) is 38.6 Å². The number of hydrogen-bond donors (Lipinski definition) is 1. The summed E-state index contributed by atoms with van der Waals surface area (Å²) in [5.74, 6) is 0. The Morgan fingerprint density at radius 1 is 0.652 bits per heavy atom. The summed E-state index contributed by atoms with van der Waals surface area (Å²) in [6.07, 6.45) is 0. The van der Waals surface area contributed by atoms with E-state index < -0.39 is 0 Å². The van der Waals surface area contributed by atoms with Crippen molar-refractivity contribution in [2.24, 2.45) is 0 Å². The molecule has 1 N–H and O–H groups in total. The first kappa shape index (κ1) is 12.5. The molecule has 0 atom stereocenters. The average Bonchev–Trinajstić information content (AvgIpc) is 2.62. The summed E-state index contributed by atoms with van der Waals surface area (Å²) in [4.78, 5) is 2.30. The van der Waals surface area contributed by atoms with Crippen LogP contribution in [0.15, 0.2) is 72.8 Å². The van der Waals surface area contributed by atoms with Gasteiger partial charge >= 0.3 is 0 Å². The monoisotopic (exact) mass is 296 g/mol. The lowest BCUT2D eigenvalue weighted by molar-refractivity contribution is 1.20. The predicted molar refractivity (Wildman–Crippen MR) is 99.2 cm³/mol. The van der Waals surface area contributed by atoms with Gasteiger partial charge in [-0.15, -0.1) is 0 Å². The van der Waals surface area contributed by atoms with E-state index in [1.807, 2.05) is 0 Å². The fourth-order valence-corrected chi connectivity index (χ4v) is 3.72. The van der Waals surface area contributed by atoms with Crippen LogP contribution in [0.25, 0.3) is 21.5 Å². The van der Waals surface area contributed by atoms with Crippen molar-refractivity contribution in [2.45, 2.75) is 0 Å². The Balaban J connectivity index is 1.98. The molecule has 1 aliphatic rings. The van der Waals surface area contributed by atoms with Gasteiger partial charge in [-0.25, -0.2) is 0 Å². The highest BCUT2D eigenvalue weighted by Crippen LogP contribution is 2.49. The molecule has 4 aromatic carbocycles. The zero-order chi connectivity index (χ0) is 15.4. The van der Waals surface area contributed by atoms with Crippen LogP contribution in [-0.4, -0.2) is 7.05 Å². The van der Waals surface area contributed by atoms with Gasteiger partial charge in [0.25, 0.3) is 0 Å². The molecule has 0 amide bonds. The first-order valence-corrected chi connectivity index (χ1v) is 7.88. The molecule has 2 nitrogen and oxygen atoms in total. The Morgan fingerprint density at radius 3 is 2.00 bits per heavy atom. The summed E-state index contributed by atoms with van der Waals surface area (Å²) in [7, 11) is 2.15. The van der Waals surface area contributed by atoms with Crippen molar-refractivity contribution >= 4 is 44.3 Å². The van der Waals surface area contributed by atoms with Gasteiger partial charge < -0.3 is 10.2 Å². The largest absolute Gasteiger partial charge is 0.352 e. The van der Waals surface area contributed by atoms with E-state index in [4.69, 9.17) is 0 Å². The van der Waals surface area contributed by atoms with Gasteiger partial charge in [0.15, 0.2) is 0 Å². The highest BCUT2D eigenvalue weighted by Gasteiger charge is 2.24. The molecule has 4 aromatic rings. The summed E-state index contributed by atoms with van der Waals surface area (Å²) in [6.45, 7) is 0. The topological polar surface area (TPSA) is 15.3 Å². The Bertz CT molecular complexity index is 1070. The fraction of sp³-hybridized carbons (Fsp3) is 0.0476. The van der Waals surface area contributed by atoms with E-state index in [9.17, 15) is 0 Å². The number of nitrogens with one attached hydrogen (secondary N) is 1. The molecule has 5 rings (SSSR count). The summed E-state index contributed by atoms with van der Waals surface area (Å²) >= 11 is 0. The van der Waals surface area contributed by atoms with E-state index in [2.05, 4.69) is 90.1 Å². The molecule has 0 saturated carbocycles. The van der Waals surface area contributed by atoms with E-state index in [0.717, 1.165) is 5.69 Å². The van der Waals surface area contributed by atoms with Gasteiger partial charge in [-0.05, 0) is 22.9 Å². The summed E-state index contributed by atoms with van der Waals surface area (Å²) in [6, 6.07) is 25.8. The van der Waals surface area contributed by atoms with Crippen LogP contribution >= 0.6 is 0 Å². The molecule has 0 aromatic heterocycles. The minimum absolute atomic E-state index is 1.16. The van der Waals surface area contributed by atoms with Gasteiger partial charge in [0.1, 0.15) is 0 Å². The third-order valence-corrected chi connectivity index (χ3v) is 4.77. The van der Waals surface area contributed by atoms with E-state index >= 15 is 0 Å². The molecule has 0 spiro atoms. The van der Waals surface area contributed by atoms with Crippen molar-refractivity contribution in [2.75, 3.05) is 17.3 Å². The first-order chi connectivity index (χ1) is 11.3. The lowest BCUT2D eigenvalue weighted by Gasteiger charge is -2.33. The summed E-state index contributed by atoms with van der Waals surface area (Å²) in [5.41, 5.74) is 4.81.